The highest BCUT2D eigenvalue weighted by Gasteiger charge is 2.37. The first-order valence-electron chi connectivity index (χ1n) is 7.28. The number of urea groups is 1. The van der Waals surface area contributed by atoms with E-state index in [0.29, 0.717) is 0 Å². The van der Waals surface area contributed by atoms with E-state index in [9.17, 15) is 9.59 Å². The number of ether oxygens (including phenoxy) is 1. The number of amides is 2. The number of carboxylic acid groups (broad SMARTS) is 1. The number of hydrogen-bond donors (Lipinski definition) is 3. The Morgan fingerprint density at radius 1 is 1.20 bits per heavy atom. The molecule has 0 radical (unpaired) electrons. The molecule has 0 aromatic heterocycles. The molecule has 2 rings (SSSR count). The van der Waals surface area contributed by atoms with Gasteiger partial charge in [-0.15, -0.1) is 0 Å². The van der Waals surface area contributed by atoms with Crippen LogP contribution >= 0.6 is 0 Å². The van der Waals surface area contributed by atoms with Crippen molar-refractivity contribution in [3.05, 3.63) is 0 Å². The van der Waals surface area contributed by atoms with Crippen molar-refractivity contribution >= 4 is 12.0 Å². The monoisotopic (exact) mass is 284 g/mol. The summed E-state index contributed by atoms with van der Waals surface area (Å²) in [4.78, 5) is 23.1. The fourth-order valence-corrected chi connectivity index (χ4v) is 3.07. The van der Waals surface area contributed by atoms with Crippen LogP contribution in [0.4, 0.5) is 4.79 Å². The summed E-state index contributed by atoms with van der Waals surface area (Å²) in [6.07, 6.45) is 4.40. The quantitative estimate of drug-likeness (QED) is 0.730. The van der Waals surface area contributed by atoms with E-state index in [-0.39, 0.29) is 30.7 Å². The van der Waals surface area contributed by atoms with Gasteiger partial charge in [-0.2, -0.15) is 0 Å². The summed E-state index contributed by atoms with van der Waals surface area (Å²) in [6, 6.07) is -0.590. The molecule has 3 N–H and O–H groups in total. The van der Waals surface area contributed by atoms with Crippen molar-refractivity contribution in [3.8, 4) is 0 Å². The van der Waals surface area contributed by atoms with Crippen LogP contribution in [0.15, 0.2) is 0 Å². The Balaban J connectivity index is 1.87. The highest BCUT2D eigenvalue weighted by Crippen LogP contribution is 2.35. The fraction of sp³-hybridized carbons (Fsp3) is 0.857. The number of carboxylic acids is 1. The highest BCUT2D eigenvalue weighted by atomic mass is 16.5. The molecular weight excluding hydrogens is 260 g/mol. The lowest BCUT2D eigenvalue weighted by atomic mass is 9.73. The van der Waals surface area contributed by atoms with Crippen LogP contribution in [0.2, 0.25) is 0 Å². The molecule has 0 aromatic rings. The smallest absolute Gasteiger partial charge is 0.315 e. The van der Waals surface area contributed by atoms with Crippen molar-refractivity contribution in [1.29, 1.82) is 0 Å². The second-order valence-electron chi connectivity index (χ2n) is 6.49. The zero-order valence-corrected chi connectivity index (χ0v) is 12.1. The molecule has 3 atom stereocenters. The molecule has 1 aliphatic carbocycles. The maximum absolute atomic E-state index is 12.1. The molecule has 1 heterocycles. The van der Waals surface area contributed by atoms with Crippen molar-refractivity contribution < 1.29 is 19.4 Å². The van der Waals surface area contributed by atoms with Gasteiger partial charge in [0.2, 0.25) is 0 Å². The van der Waals surface area contributed by atoms with E-state index < -0.39 is 17.9 Å². The second-order valence-corrected chi connectivity index (χ2v) is 6.49. The van der Waals surface area contributed by atoms with Crippen LogP contribution in [-0.4, -0.2) is 42.4 Å². The average molecular weight is 284 g/mol. The summed E-state index contributed by atoms with van der Waals surface area (Å²) in [7, 11) is 0. The molecule has 0 aromatic carbocycles. The average Bonchev–Trinajstić information content (AvgIpc) is 2.80. The lowest BCUT2D eigenvalue weighted by Gasteiger charge is -2.39. The van der Waals surface area contributed by atoms with Gasteiger partial charge in [-0.1, -0.05) is 26.7 Å². The Bertz CT molecular complexity index is 383. The van der Waals surface area contributed by atoms with E-state index in [1.807, 2.05) is 0 Å². The Labute approximate surface area is 119 Å². The molecule has 2 fully saturated rings. The maximum Gasteiger partial charge on any atom is 0.315 e. The van der Waals surface area contributed by atoms with E-state index >= 15 is 0 Å². The molecule has 6 nitrogen and oxygen atoms in total. The second kappa shape index (κ2) is 5.99. The van der Waals surface area contributed by atoms with E-state index in [0.717, 1.165) is 19.3 Å². The Morgan fingerprint density at radius 2 is 1.95 bits per heavy atom. The van der Waals surface area contributed by atoms with Gasteiger partial charge in [-0.25, -0.2) is 4.79 Å². The number of hydrogen-bond acceptors (Lipinski definition) is 3. The fourth-order valence-electron chi connectivity index (χ4n) is 3.07. The summed E-state index contributed by atoms with van der Waals surface area (Å²) in [5, 5.41) is 14.8. The molecule has 6 heteroatoms. The SMILES string of the molecule is CC1(C)CCCCC1NC(=O)NC1COCC1C(=O)O. The third kappa shape index (κ3) is 3.42. The summed E-state index contributed by atoms with van der Waals surface area (Å²) in [6.45, 7) is 4.75. The molecule has 2 aliphatic rings. The van der Waals surface area contributed by atoms with Crippen molar-refractivity contribution in [1.82, 2.24) is 10.6 Å². The van der Waals surface area contributed by atoms with Crippen molar-refractivity contribution in [2.24, 2.45) is 11.3 Å². The van der Waals surface area contributed by atoms with Gasteiger partial charge < -0.3 is 20.5 Å². The van der Waals surface area contributed by atoms with Gasteiger partial charge in [0.1, 0.15) is 5.92 Å². The first-order chi connectivity index (χ1) is 9.40. The number of aliphatic carboxylic acids is 1. The van der Waals surface area contributed by atoms with Crippen LogP contribution in [0.25, 0.3) is 0 Å². The van der Waals surface area contributed by atoms with E-state index in [1.54, 1.807) is 0 Å². The molecule has 2 amide bonds. The Hall–Kier alpha value is -1.30. The van der Waals surface area contributed by atoms with Crippen LogP contribution in [0.3, 0.4) is 0 Å². The largest absolute Gasteiger partial charge is 0.481 e. The van der Waals surface area contributed by atoms with Crippen LogP contribution in [0.1, 0.15) is 39.5 Å². The normalized spacial score (nSPS) is 32.6. The van der Waals surface area contributed by atoms with Gasteiger partial charge in [-0.05, 0) is 18.3 Å². The summed E-state index contributed by atoms with van der Waals surface area (Å²) in [5.74, 6) is -1.58. The minimum absolute atomic E-state index is 0.0912. The molecular formula is C14H24N2O4. The van der Waals surface area contributed by atoms with E-state index in [4.69, 9.17) is 9.84 Å². The maximum atomic E-state index is 12.1. The molecule has 1 saturated heterocycles. The lowest BCUT2D eigenvalue weighted by Crippen LogP contribution is -2.54. The van der Waals surface area contributed by atoms with Crippen LogP contribution < -0.4 is 10.6 Å². The molecule has 1 saturated carbocycles. The van der Waals surface area contributed by atoms with Gasteiger partial charge >= 0.3 is 12.0 Å². The number of nitrogens with one attached hydrogen (secondary N) is 2. The molecule has 114 valence electrons. The Kier molecular flexibility index (Phi) is 4.52. The van der Waals surface area contributed by atoms with Crippen LogP contribution in [-0.2, 0) is 9.53 Å². The summed E-state index contributed by atoms with van der Waals surface area (Å²) < 4.78 is 5.14. The molecule has 0 spiro atoms. The number of rotatable bonds is 3. The van der Waals surface area contributed by atoms with Crippen LogP contribution in [0.5, 0.6) is 0 Å². The van der Waals surface area contributed by atoms with Gasteiger partial charge in [0, 0.05) is 6.04 Å². The molecule has 0 bridgehead atoms. The van der Waals surface area contributed by atoms with Gasteiger partial charge in [-0.3, -0.25) is 4.79 Å². The Morgan fingerprint density at radius 3 is 2.60 bits per heavy atom. The van der Waals surface area contributed by atoms with Crippen LogP contribution in [0, 0.1) is 11.3 Å². The number of carbonyl (C=O) groups is 2. The zero-order valence-electron chi connectivity index (χ0n) is 12.1. The molecule has 1 aliphatic heterocycles. The number of carbonyl (C=O) groups excluding carboxylic acids is 1. The van der Waals surface area contributed by atoms with E-state index in [1.165, 1.54) is 6.42 Å². The predicted molar refractivity (Wildman–Crippen MR) is 73.4 cm³/mol. The minimum atomic E-state index is -0.925. The lowest BCUT2D eigenvalue weighted by molar-refractivity contribution is -0.142. The predicted octanol–water partition coefficient (Wildman–Crippen LogP) is 1.35. The first-order valence-corrected chi connectivity index (χ1v) is 7.28. The summed E-state index contributed by atoms with van der Waals surface area (Å²) in [5.41, 5.74) is 0.0912. The molecule has 3 unspecified atom stereocenters. The van der Waals surface area contributed by atoms with Crippen molar-refractivity contribution in [2.75, 3.05) is 13.2 Å². The zero-order chi connectivity index (χ0) is 14.8. The van der Waals surface area contributed by atoms with Crippen molar-refractivity contribution in [3.63, 3.8) is 0 Å². The van der Waals surface area contributed by atoms with Gasteiger partial charge in [0.05, 0.1) is 19.3 Å². The van der Waals surface area contributed by atoms with Gasteiger partial charge in [0.15, 0.2) is 0 Å². The van der Waals surface area contributed by atoms with E-state index in [2.05, 4.69) is 24.5 Å². The topological polar surface area (TPSA) is 87.7 Å². The third-order valence-electron chi connectivity index (χ3n) is 4.53. The third-order valence-corrected chi connectivity index (χ3v) is 4.53. The minimum Gasteiger partial charge on any atom is -0.481 e. The van der Waals surface area contributed by atoms with Crippen molar-refractivity contribution in [2.45, 2.75) is 51.6 Å². The first kappa shape index (κ1) is 15.1. The van der Waals surface area contributed by atoms with Gasteiger partial charge in [0.25, 0.3) is 0 Å². The molecule has 20 heavy (non-hydrogen) atoms. The summed E-state index contributed by atoms with van der Waals surface area (Å²) >= 11 is 0. The highest BCUT2D eigenvalue weighted by molar-refractivity contribution is 5.77. The standard InChI is InChI=1S/C14H24N2O4/c1-14(2)6-4-3-5-11(14)16-13(19)15-10-8-20-7-9(10)12(17)18/h9-11H,3-8H2,1-2H3,(H,17,18)(H2,15,16,19).